The monoisotopic (exact) mass is 475 g/mol. The summed E-state index contributed by atoms with van der Waals surface area (Å²) >= 11 is 1.28. The van der Waals surface area contributed by atoms with Crippen LogP contribution in [0.15, 0.2) is 59.9 Å². The lowest BCUT2D eigenvalue weighted by Gasteiger charge is -2.28. The SMILES string of the molecule is CCN(CC)c1ccc(N2C(=O)C(O)=C(C(=O)c3sc(C)nc3C)C2c2cccc(C)c2)cc1. The van der Waals surface area contributed by atoms with Gasteiger partial charge in [0.05, 0.1) is 27.2 Å². The summed E-state index contributed by atoms with van der Waals surface area (Å²) in [4.78, 5) is 35.6. The van der Waals surface area contributed by atoms with Crippen molar-refractivity contribution < 1.29 is 14.7 Å². The van der Waals surface area contributed by atoms with E-state index in [-0.39, 0.29) is 11.4 Å². The Morgan fingerprint density at radius 1 is 1.09 bits per heavy atom. The average molecular weight is 476 g/mol. The van der Waals surface area contributed by atoms with Crippen LogP contribution in [0, 0.1) is 20.8 Å². The first-order chi connectivity index (χ1) is 16.3. The summed E-state index contributed by atoms with van der Waals surface area (Å²) in [5.41, 5.74) is 4.15. The maximum absolute atomic E-state index is 13.7. The van der Waals surface area contributed by atoms with E-state index in [1.807, 2.05) is 62.4 Å². The number of thiazole rings is 1. The molecule has 0 radical (unpaired) electrons. The number of ketones is 1. The van der Waals surface area contributed by atoms with Gasteiger partial charge in [0, 0.05) is 24.5 Å². The third-order valence-corrected chi connectivity index (χ3v) is 7.25. The number of aliphatic hydroxyl groups excluding tert-OH is 1. The number of anilines is 2. The zero-order valence-electron chi connectivity index (χ0n) is 20.1. The molecule has 1 aliphatic heterocycles. The highest BCUT2D eigenvalue weighted by molar-refractivity contribution is 7.14. The highest BCUT2D eigenvalue weighted by Gasteiger charge is 2.45. The second-order valence-electron chi connectivity index (χ2n) is 8.42. The molecule has 2 heterocycles. The number of benzene rings is 2. The van der Waals surface area contributed by atoms with Gasteiger partial charge in [0.25, 0.3) is 5.91 Å². The molecule has 0 spiro atoms. The Morgan fingerprint density at radius 3 is 2.32 bits per heavy atom. The number of hydrogen-bond acceptors (Lipinski definition) is 6. The molecule has 7 heteroatoms. The molecule has 0 saturated heterocycles. The van der Waals surface area contributed by atoms with Crippen LogP contribution in [0.5, 0.6) is 0 Å². The molecular formula is C27H29N3O3S. The van der Waals surface area contributed by atoms with Crippen LogP contribution in [-0.4, -0.2) is 34.9 Å². The van der Waals surface area contributed by atoms with Crippen molar-refractivity contribution in [1.82, 2.24) is 4.98 Å². The molecule has 1 aliphatic rings. The molecule has 1 aromatic heterocycles. The second kappa shape index (κ2) is 9.43. The minimum absolute atomic E-state index is 0.0927. The van der Waals surface area contributed by atoms with Crippen molar-refractivity contribution in [1.29, 1.82) is 0 Å². The van der Waals surface area contributed by atoms with Gasteiger partial charge in [0.15, 0.2) is 5.76 Å². The zero-order valence-corrected chi connectivity index (χ0v) is 20.9. The molecule has 34 heavy (non-hydrogen) atoms. The third kappa shape index (κ3) is 4.12. The van der Waals surface area contributed by atoms with Crippen LogP contribution in [0.1, 0.15) is 51.4 Å². The summed E-state index contributed by atoms with van der Waals surface area (Å²) < 4.78 is 0. The second-order valence-corrected chi connectivity index (χ2v) is 9.62. The Balaban J connectivity index is 1.83. The number of aliphatic hydroxyl groups is 1. The molecule has 3 aromatic rings. The van der Waals surface area contributed by atoms with Crippen LogP contribution in [0.2, 0.25) is 0 Å². The number of aromatic nitrogens is 1. The van der Waals surface area contributed by atoms with Crippen molar-refractivity contribution >= 4 is 34.4 Å². The Kier molecular flexibility index (Phi) is 6.57. The summed E-state index contributed by atoms with van der Waals surface area (Å²) in [5, 5.41) is 11.7. The Bertz CT molecular complexity index is 1270. The van der Waals surface area contributed by atoms with E-state index >= 15 is 0 Å². The lowest BCUT2D eigenvalue weighted by atomic mass is 9.94. The van der Waals surface area contributed by atoms with Crippen molar-refractivity contribution in [2.24, 2.45) is 0 Å². The fraction of sp³-hybridized carbons (Fsp3) is 0.296. The van der Waals surface area contributed by atoms with Gasteiger partial charge in [-0.3, -0.25) is 14.5 Å². The number of hydrogen-bond donors (Lipinski definition) is 1. The van der Waals surface area contributed by atoms with Gasteiger partial charge in [-0.2, -0.15) is 0 Å². The standard InChI is InChI=1S/C27H29N3O3S/c1-6-29(7-2)20-11-13-21(14-12-20)30-23(19-10-8-9-16(3)15-19)22(25(32)27(30)33)24(31)26-17(4)28-18(5)34-26/h8-15,23,32H,6-7H2,1-5H3. The number of carbonyl (C=O) groups is 2. The summed E-state index contributed by atoms with van der Waals surface area (Å²) in [7, 11) is 0. The van der Waals surface area contributed by atoms with Crippen LogP contribution in [0.3, 0.4) is 0 Å². The van der Waals surface area contributed by atoms with Gasteiger partial charge in [-0.05, 0) is 64.4 Å². The van der Waals surface area contributed by atoms with E-state index in [1.165, 1.54) is 16.2 Å². The summed E-state index contributed by atoms with van der Waals surface area (Å²) in [6, 6.07) is 14.6. The van der Waals surface area contributed by atoms with Crippen molar-refractivity contribution in [2.45, 2.75) is 40.7 Å². The van der Waals surface area contributed by atoms with E-state index in [1.54, 1.807) is 6.92 Å². The van der Waals surface area contributed by atoms with Crippen LogP contribution in [0.4, 0.5) is 11.4 Å². The number of nitrogens with zero attached hydrogens (tertiary/aromatic N) is 3. The molecule has 2 aromatic carbocycles. The summed E-state index contributed by atoms with van der Waals surface area (Å²) in [6.45, 7) is 11.5. The highest BCUT2D eigenvalue weighted by atomic mass is 32.1. The van der Waals surface area contributed by atoms with Crippen molar-refractivity contribution in [3.63, 3.8) is 0 Å². The molecule has 0 bridgehead atoms. The molecule has 176 valence electrons. The van der Waals surface area contributed by atoms with E-state index in [9.17, 15) is 14.7 Å². The van der Waals surface area contributed by atoms with Gasteiger partial charge in [0.2, 0.25) is 5.78 Å². The smallest absolute Gasteiger partial charge is 0.294 e. The first-order valence-corrected chi connectivity index (χ1v) is 12.2. The Labute approximate surface area is 204 Å². The summed E-state index contributed by atoms with van der Waals surface area (Å²) in [6.07, 6.45) is 0. The van der Waals surface area contributed by atoms with Crippen molar-refractivity contribution in [3.05, 3.63) is 86.6 Å². The Hall–Kier alpha value is -3.45. The minimum Gasteiger partial charge on any atom is -0.503 e. The van der Waals surface area contributed by atoms with Crippen LogP contribution >= 0.6 is 11.3 Å². The van der Waals surface area contributed by atoms with E-state index in [2.05, 4.69) is 23.7 Å². The number of amides is 1. The predicted octanol–water partition coefficient (Wildman–Crippen LogP) is 5.70. The molecule has 1 atom stereocenters. The van der Waals surface area contributed by atoms with Crippen molar-refractivity contribution in [2.75, 3.05) is 22.9 Å². The minimum atomic E-state index is -0.735. The lowest BCUT2D eigenvalue weighted by molar-refractivity contribution is -0.117. The van der Waals surface area contributed by atoms with Crippen LogP contribution < -0.4 is 9.80 Å². The molecule has 1 N–H and O–H groups in total. The third-order valence-electron chi connectivity index (χ3n) is 6.18. The van der Waals surface area contributed by atoms with Gasteiger partial charge in [0.1, 0.15) is 0 Å². The fourth-order valence-electron chi connectivity index (χ4n) is 4.54. The van der Waals surface area contributed by atoms with Crippen molar-refractivity contribution in [3.8, 4) is 0 Å². The molecule has 1 amide bonds. The van der Waals surface area contributed by atoms with Gasteiger partial charge in [-0.25, -0.2) is 4.98 Å². The molecule has 0 fully saturated rings. The van der Waals surface area contributed by atoms with Gasteiger partial charge < -0.3 is 10.0 Å². The number of carbonyl (C=O) groups excluding carboxylic acids is 2. The van der Waals surface area contributed by atoms with Gasteiger partial charge in [-0.15, -0.1) is 11.3 Å². The molecule has 0 saturated carbocycles. The maximum atomic E-state index is 13.7. The van der Waals surface area contributed by atoms with Gasteiger partial charge in [-0.1, -0.05) is 29.8 Å². The van der Waals surface area contributed by atoms with E-state index < -0.39 is 17.7 Å². The van der Waals surface area contributed by atoms with Gasteiger partial charge >= 0.3 is 0 Å². The fourth-order valence-corrected chi connectivity index (χ4v) is 5.41. The molecular weight excluding hydrogens is 446 g/mol. The molecule has 4 rings (SSSR count). The van der Waals surface area contributed by atoms with E-state index in [0.29, 0.717) is 16.3 Å². The normalized spacial score (nSPS) is 15.9. The lowest BCUT2D eigenvalue weighted by Crippen LogP contribution is -2.31. The zero-order chi connectivity index (χ0) is 24.6. The number of rotatable bonds is 7. The Morgan fingerprint density at radius 2 is 1.76 bits per heavy atom. The number of aryl methyl sites for hydroxylation is 3. The predicted molar refractivity (Wildman–Crippen MR) is 137 cm³/mol. The van der Waals surface area contributed by atoms with Crippen LogP contribution in [0.25, 0.3) is 0 Å². The largest absolute Gasteiger partial charge is 0.503 e. The molecule has 6 nitrogen and oxygen atoms in total. The topological polar surface area (TPSA) is 73.7 Å². The average Bonchev–Trinajstić information content (AvgIpc) is 3.30. The first kappa shape index (κ1) is 23.7. The van der Waals surface area contributed by atoms with E-state index in [4.69, 9.17) is 0 Å². The summed E-state index contributed by atoms with van der Waals surface area (Å²) in [5.74, 6) is -1.44. The highest BCUT2D eigenvalue weighted by Crippen LogP contribution is 2.43. The van der Waals surface area contributed by atoms with Crippen LogP contribution in [-0.2, 0) is 4.79 Å². The molecule has 1 unspecified atom stereocenters. The first-order valence-electron chi connectivity index (χ1n) is 11.4. The van der Waals surface area contributed by atoms with E-state index in [0.717, 1.165) is 34.9 Å². The quantitative estimate of drug-likeness (QED) is 0.444. The maximum Gasteiger partial charge on any atom is 0.294 e. The molecule has 0 aliphatic carbocycles. The number of Topliss-reactive ketones (excluding diaryl/α,β-unsaturated/α-hetero) is 1.